The quantitative estimate of drug-likeness (QED) is 0.737. The maximum absolute atomic E-state index is 13.3. The lowest BCUT2D eigenvalue weighted by molar-refractivity contribution is 0.0950. The summed E-state index contributed by atoms with van der Waals surface area (Å²) in [6.45, 7) is 9.66. The number of sulfonamides is 1. The minimum atomic E-state index is -3.72. The number of pyridine rings is 1. The zero-order valence-electron chi connectivity index (χ0n) is 19.0. The van der Waals surface area contributed by atoms with Crippen LogP contribution in [0.5, 0.6) is 0 Å². The van der Waals surface area contributed by atoms with Crippen LogP contribution in [-0.4, -0.2) is 42.8 Å². The molecule has 2 unspecified atom stereocenters. The van der Waals surface area contributed by atoms with Gasteiger partial charge in [-0.1, -0.05) is 27.7 Å². The highest BCUT2D eigenvalue weighted by Crippen LogP contribution is 2.27. The van der Waals surface area contributed by atoms with E-state index in [1.54, 1.807) is 23.7 Å². The van der Waals surface area contributed by atoms with Crippen molar-refractivity contribution in [2.75, 3.05) is 19.6 Å². The molecule has 1 aliphatic heterocycles. The largest absolute Gasteiger partial charge is 0.352 e. The van der Waals surface area contributed by atoms with Crippen LogP contribution in [0.15, 0.2) is 34.1 Å². The van der Waals surface area contributed by atoms with E-state index in [-0.39, 0.29) is 27.7 Å². The fourth-order valence-electron chi connectivity index (χ4n) is 4.31. The van der Waals surface area contributed by atoms with E-state index in [9.17, 15) is 18.0 Å². The summed E-state index contributed by atoms with van der Waals surface area (Å²) < 4.78 is 29.8. The van der Waals surface area contributed by atoms with E-state index in [1.165, 1.54) is 16.6 Å². The van der Waals surface area contributed by atoms with Gasteiger partial charge in [-0.15, -0.1) is 0 Å². The number of aromatic nitrogens is 1. The molecule has 1 aliphatic rings. The van der Waals surface area contributed by atoms with Gasteiger partial charge >= 0.3 is 0 Å². The molecule has 2 atom stereocenters. The van der Waals surface area contributed by atoms with Crippen LogP contribution in [0.4, 0.5) is 0 Å². The predicted molar refractivity (Wildman–Crippen MR) is 123 cm³/mol. The molecule has 0 radical (unpaired) electrons. The van der Waals surface area contributed by atoms with Gasteiger partial charge in [-0.05, 0) is 48.8 Å². The molecule has 1 amide bonds. The van der Waals surface area contributed by atoms with Crippen molar-refractivity contribution in [3.63, 3.8) is 0 Å². The van der Waals surface area contributed by atoms with Crippen LogP contribution in [0.2, 0.25) is 0 Å². The Morgan fingerprint density at radius 2 is 1.84 bits per heavy atom. The highest BCUT2D eigenvalue weighted by Gasteiger charge is 2.32. The second kappa shape index (κ2) is 9.12. The second-order valence-electron chi connectivity index (χ2n) is 9.37. The van der Waals surface area contributed by atoms with Crippen molar-refractivity contribution in [1.29, 1.82) is 0 Å². The predicted octanol–water partition coefficient (Wildman–Crippen LogP) is 2.98. The van der Waals surface area contributed by atoms with Crippen molar-refractivity contribution in [3.05, 3.63) is 40.2 Å². The maximum atomic E-state index is 13.3. The lowest BCUT2D eigenvalue weighted by atomic mass is 9.94. The zero-order chi connectivity index (χ0) is 22.9. The Labute approximate surface area is 184 Å². The van der Waals surface area contributed by atoms with E-state index in [1.807, 2.05) is 0 Å². The average Bonchev–Trinajstić information content (AvgIpc) is 2.69. The van der Waals surface area contributed by atoms with Gasteiger partial charge in [-0.2, -0.15) is 4.31 Å². The van der Waals surface area contributed by atoms with Crippen LogP contribution < -0.4 is 10.7 Å². The summed E-state index contributed by atoms with van der Waals surface area (Å²) in [5.74, 6) is 0.573. The van der Waals surface area contributed by atoms with Crippen LogP contribution in [0, 0.1) is 17.8 Å². The molecule has 1 saturated heterocycles. The molecule has 0 saturated carbocycles. The van der Waals surface area contributed by atoms with Crippen molar-refractivity contribution >= 4 is 26.8 Å². The summed E-state index contributed by atoms with van der Waals surface area (Å²) in [6.07, 6.45) is 3.33. The molecular weight excluding hydrogens is 414 g/mol. The molecule has 1 fully saturated rings. The van der Waals surface area contributed by atoms with Gasteiger partial charge in [0.05, 0.1) is 10.4 Å². The third kappa shape index (κ3) is 5.01. The number of rotatable bonds is 6. The summed E-state index contributed by atoms with van der Waals surface area (Å²) >= 11 is 0. The Morgan fingerprint density at radius 1 is 1.19 bits per heavy atom. The number of piperidine rings is 1. The molecule has 3 rings (SSSR count). The van der Waals surface area contributed by atoms with Crippen LogP contribution >= 0.6 is 0 Å². The molecule has 2 heterocycles. The lowest BCUT2D eigenvalue weighted by Crippen LogP contribution is -2.42. The normalized spacial score (nSPS) is 20.3. The summed E-state index contributed by atoms with van der Waals surface area (Å²) in [4.78, 5) is 25.8. The third-order valence-corrected chi connectivity index (χ3v) is 7.71. The van der Waals surface area contributed by atoms with Gasteiger partial charge in [0.2, 0.25) is 15.5 Å². The Kier molecular flexibility index (Phi) is 6.91. The number of nitrogens with one attached hydrogen (secondary N) is 1. The number of fused-ring (bicyclic) bond motifs is 1. The molecular formula is C23H33N3O4S. The lowest BCUT2D eigenvalue weighted by Gasteiger charge is -2.34. The first kappa shape index (κ1) is 23.5. The molecule has 170 valence electrons. The van der Waals surface area contributed by atoms with E-state index < -0.39 is 21.4 Å². The van der Waals surface area contributed by atoms with E-state index in [0.717, 1.165) is 12.8 Å². The number of carbonyl (C=O) groups excluding carboxylic acids is 1. The first-order chi connectivity index (χ1) is 14.5. The van der Waals surface area contributed by atoms with Crippen LogP contribution in [0.25, 0.3) is 10.9 Å². The molecule has 8 heteroatoms. The Hall–Kier alpha value is -2.19. The molecule has 7 nitrogen and oxygen atoms in total. The molecule has 31 heavy (non-hydrogen) atoms. The molecule has 0 spiro atoms. The Morgan fingerprint density at radius 3 is 2.45 bits per heavy atom. The fraction of sp³-hybridized carbons (Fsp3) is 0.565. The molecule has 0 aliphatic carbocycles. The highest BCUT2D eigenvalue weighted by atomic mass is 32.2. The Bertz CT molecular complexity index is 1130. The number of aryl methyl sites for hydroxylation is 1. The first-order valence-corrected chi connectivity index (χ1v) is 12.4. The first-order valence-electron chi connectivity index (χ1n) is 10.9. The smallest absolute Gasteiger partial charge is 0.256 e. The third-order valence-electron chi connectivity index (χ3n) is 5.89. The van der Waals surface area contributed by atoms with Gasteiger partial charge in [0.15, 0.2) is 0 Å². The van der Waals surface area contributed by atoms with E-state index >= 15 is 0 Å². The van der Waals surface area contributed by atoms with Crippen molar-refractivity contribution in [3.8, 4) is 0 Å². The van der Waals surface area contributed by atoms with Crippen LogP contribution in [0.1, 0.15) is 50.9 Å². The number of nitrogens with zero attached hydrogens (tertiary/aromatic N) is 2. The average molecular weight is 448 g/mol. The summed E-state index contributed by atoms with van der Waals surface area (Å²) in [5, 5.41) is 3.02. The van der Waals surface area contributed by atoms with Crippen molar-refractivity contribution < 1.29 is 13.2 Å². The molecule has 0 bridgehead atoms. The van der Waals surface area contributed by atoms with Crippen molar-refractivity contribution in [2.24, 2.45) is 24.8 Å². The molecule has 2 aromatic rings. The van der Waals surface area contributed by atoms with Gasteiger partial charge in [0.1, 0.15) is 5.56 Å². The minimum absolute atomic E-state index is 0.0218. The van der Waals surface area contributed by atoms with Gasteiger partial charge in [0, 0.05) is 38.3 Å². The Balaban J connectivity index is 2.00. The monoisotopic (exact) mass is 447 g/mol. The number of hydrogen-bond acceptors (Lipinski definition) is 4. The van der Waals surface area contributed by atoms with E-state index in [0.29, 0.717) is 31.1 Å². The second-order valence-corrected chi connectivity index (χ2v) is 11.3. The minimum Gasteiger partial charge on any atom is -0.352 e. The standard InChI is InChI=1S/C23H33N3O4S/c1-15(2)8-9-24-23(28)20-14-25(5)21-7-6-18(11-19(21)22(20)27)31(29,30)26-12-16(3)10-17(4)13-26/h6-7,11,14-17H,8-10,12-13H2,1-5H3,(H,24,28). The molecule has 1 N–H and O–H groups in total. The fourth-order valence-corrected chi connectivity index (χ4v) is 6.02. The number of benzene rings is 1. The van der Waals surface area contributed by atoms with Gasteiger partial charge in [-0.3, -0.25) is 9.59 Å². The molecule has 1 aromatic heterocycles. The highest BCUT2D eigenvalue weighted by molar-refractivity contribution is 7.89. The summed E-state index contributed by atoms with van der Waals surface area (Å²) in [7, 11) is -1.98. The van der Waals surface area contributed by atoms with Crippen molar-refractivity contribution in [2.45, 2.75) is 45.4 Å². The van der Waals surface area contributed by atoms with Gasteiger partial charge < -0.3 is 9.88 Å². The molecule has 1 aromatic carbocycles. The van der Waals surface area contributed by atoms with Gasteiger partial charge in [0.25, 0.3) is 5.91 Å². The topological polar surface area (TPSA) is 88.5 Å². The number of amides is 1. The van der Waals surface area contributed by atoms with Gasteiger partial charge in [-0.25, -0.2) is 8.42 Å². The van der Waals surface area contributed by atoms with E-state index in [2.05, 4.69) is 33.0 Å². The van der Waals surface area contributed by atoms with Crippen LogP contribution in [-0.2, 0) is 17.1 Å². The van der Waals surface area contributed by atoms with Crippen LogP contribution in [0.3, 0.4) is 0 Å². The maximum Gasteiger partial charge on any atom is 0.256 e. The van der Waals surface area contributed by atoms with Crippen molar-refractivity contribution in [1.82, 2.24) is 14.2 Å². The number of carbonyl (C=O) groups is 1. The SMILES string of the molecule is CC(C)CCNC(=O)c1cn(C)c2ccc(S(=O)(=O)N3CC(C)CC(C)C3)cc2c1=O. The summed E-state index contributed by atoms with van der Waals surface area (Å²) in [6, 6.07) is 4.60. The number of hydrogen-bond donors (Lipinski definition) is 1. The summed E-state index contributed by atoms with van der Waals surface area (Å²) in [5.41, 5.74) is 0.157. The zero-order valence-corrected chi connectivity index (χ0v) is 19.8. The van der Waals surface area contributed by atoms with E-state index in [4.69, 9.17) is 0 Å².